The van der Waals surface area contributed by atoms with Crippen molar-refractivity contribution in [1.82, 2.24) is 9.80 Å². The smallest absolute Gasteiger partial charge is 0.419 e. The van der Waals surface area contributed by atoms with E-state index in [-0.39, 0.29) is 35.6 Å². The number of benzene rings is 2. The third kappa shape index (κ3) is 4.82. The van der Waals surface area contributed by atoms with E-state index in [1.54, 1.807) is 23.1 Å². The van der Waals surface area contributed by atoms with Gasteiger partial charge in [-0.2, -0.15) is 13.2 Å². The van der Waals surface area contributed by atoms with Crippen molar-refractivity contribution >= 4 is 28.8 Å². The predicted molar refractivity (Wildman–Crippen MR) is 111 cm³/mol. The van der Waals surface area contributed by atoms with Gasteiger partial charge in [-0.3, -0.25) is 19.3 Å². The van der Waals surface area contributed by atoms with Crippen LogP contribution < -0.4 is 4.74 Å². The zero-order valence-corrected chi connectivity index (χ0v) is 18.1. The van der Waals surface area contributed by atoms with Crippen LogP contribution in [0.2, 0.25) is 0 Å². The molecule has 0 saturated carbocycles. The zero-order chi connectivity index (χ0) is 23.9. The van der Waals surface area contributed by atoms with Gasteiger partial charge < -0.3 is 9.64 Å². The number of ether oxygens (including phenoxy) is 1. The summed E-state index contributed by atoms with van der Waals surface area (Å²) >= 11 is 0.836. The Labute approximate surface area is 190 Å². The Morgan fingerprint density at radius 3 is 2.45 bits per heavy atom. The van der Waals surface area contributed by atoms with Crippen LogP contribution in [0.25, 0.3) is 0 Å². The average Bonchev–Trinajstić information content (AvgIpc) is 2.98. The number of carbonyl (C=O) groups excluding carboxylic acids is 3. The summed E-state index contributed by atoms with van der Waals surface area (Å²) in [6.07, 6.45) is -4.31. The van der Waals surface area contributed by atoms with E-state index in [2.05, 4.69) is 0 Å². The van der Waals surface area contributed by atoms with Crippen molar-refractivity contribution in [1.29, 1.82) is 0 Å². The minimum absolute atomic E-state index is 0.0874. The van der Waals surface area contributed by atoms with Gasteiger partial charge in [0.25, 0.3) is 5.24 Å². The van der Waals surface area contributed by atoms with Crippen molar-refractivity contribution in [3.8, 4) is 11.5 Å². The van der Waals surface area contributed by atoms with E-state index in [1.807, 2.05) is 0 Å². The van der Waals surface area contributed by atoms with Gasteiger partial charge in [0.1, 0.15) is 22.6 Å². The van der Waals surface area contributed by atoms with Gasteiger partial charge in [-0.15, -0.1) is 0 Å². The number of nitrogens with zero attached hydrogens (tertiary/aromatic N) is 2. The normalized spacial score (nSPS) is 18.5. The Morgan fingerprint density at radius 1 is 1.12 bits per heavy atom. The minimum atomic E-state index is -4.80. The molecule has 0 N–H and O–H groups in total. The molecule has 0 aromatic heterocycles. The molecule has 33 heavy (non-hydrogen) atoms. The van der Waals surface area contributed by atoms with Gasteiger partial charge in [0, 0.05) is 32.6 Å². The Kier molecular flexibility index (Phi) is 6.08. The highest BCUT2D eigenvalue weighted by molar-refractivity contribution is 8.15. The molecule has 0 spiro atoms. The number of amides is 3. The fourth-order valence-electron chi connectivity index (χ4n) is 3.71. The molecule has 2 aromatic rings. The molecule has 0 radical (unpaired) electrons. The van der Waals surface area contributed by atoms with Crippen LogP contribution in [0, 0.1) is 5.82 Å². The lowest BCUT2D eigenvalue weighted by molar-refractivity contribution is -0.140. The van der Waals surface area contributed by atoms with Gasteiger partial charge >= 0.3 is 6.18 Å². The van der Waals surface area contributed by atoms with Crippen molar-refractivity contribution in [2.45, 2.75) is 30.8 Å². The number of halogens is 4. The number of thioether (sulfide) groups is 1. The van der Waals surface area contributed by atoms with Crippen LogP contribution in [0.4, 0.5) is 22.4 Å². The molecule has 1 fully saturated rings. The lowest BCUT2D eigenvalue weighted by Gasteiger charge is -2.29. The molecule has 1 saturated heterocycles. The topological polar surface area (TPSA) is 66.9 Å². The van der Waals surface area contributed by atoms with Gasteiger partial charge in [0.2, 0.25) is 11.8 Å². The Morgan fingerprint density at radius 2 is 1.82 bits per heavy atom. The second kappa shape index (κ2) is 8.69. The predicted octanol–water partition coefficient (Wildman–Crippen LogP) is 4.61. The highest BCUT2D eigenvalue weighted by atomic mass is 32.2. The summed E-state index contributed by atoms with van der Waals surface area (Å²) in [5, 5.41) is -1.12. The van der Waals surface area contributed by atoms with Crippen LogP contribution in [-0.2, 0) is 28.7 Å². The molecule has 4 rings (SSSR count). The number of hydrogen-bond donors (Lipinski definition) is 0. The number of hydrogen-bond acceptors (Lipinski definition) is 5. The summed E-state index contributed by atoms with van der Waals surface area (Å²) in [5.41, 5.74) is 0.380. The maximum Gasteiger partial charge on any atom is 0.419 e. The fraction of sp³-hybridized carbons (Fsp3) is 0.318. The molecule has 0 aliphatic carbocycles. The van der Waals surface area contributed by atoms with Crippen LogP contribution >= 0.6 is 11.8 Å². The summed E-state index contributed by atoms with van der Waals surface area (Å²) in [6, 6.07) is 7.39. The quantitative estimate of drug-likeness (QED) is 0.596. The maximum atomic E-state index is 13.8. The van der Waals surface area contributed by atoms with E-state index in [1.165, 1.54) is 7.05 Å². The third-order valence-corrected chi connectivity index (χ3v) is 6.64. The number of carbonyl (C=O) groups is 3. The highest BCUT2D eigenvalue weighted by Crippen LogP contribution is 2.35. The molecule has 11 heteroatoms. The first-order chi connectivity index (χ1) is 15.5. The van der Waals surface area contributed by atoms with Crippen molar-refractivity contribution < 1.29 is 36.7 Å². The van der Waals surface area contributed by atoms with Gasteiger partial charge in [-0.25, -0.2) is 4.39 Å². The monoisotopic (exact) mass is 482 g/mol. The van der Waals surface area contributed by atoms with E-state index in [0.717, 1.165) is 33.9 Å². The second-order valence-corrected chi connectivity index (χ2v) is 8.87. The van der Waals surface area contributed by atoms with Crippen LogP contribution in [0.1, 0.15) is 23.1 Å². The summed E-state index contributed by atoms with van der Waals surface area (Å²) in [4.78, 5) is 39.0. The van der Waals surface area contributed by atoms with E-state index in [0.29, 0.717) is 25.1 Å². The molecule has 0 bridgehead atoms. The molecule has 2 aromatic carbocycles. The van der Waals surface area contributed by atoms with Gasteiger partial charge in [0.05, 0.1) is 5.56 Å². The summed E-state index contributed by atoms with van der Waals surface area (Å²) in [6.45, 7) is 0.702. The Balaban J connectivity index is 1.44. The lowest BCUT2D eigenvalue weighted by atomic mass is 9.99. The summed E-state index contributed by atoms with van der Waals surface area (Å²) < 4.78 is 57.5. The molecule has 1 atom stereocenters. The van der Waals surface area contributed by atoms with Gasteiger partial charge in [-0.05, 0) is 41.8 Å². The Hall–Kier alpha value is -3.08. The molecular weight excluding hydrogens is 464 g/mol. The molecule has 174 valence electrons. The molecular formula is C22H18F4N2O4S. The molecule has 6 nitrogen and oxygen atoms in total. The fourth-order valence-corrected chi connectivity index (χ4v) is 4.69. The van der Waals surface area contributed by atoms with Crippen LogP contribution in [-0.4, -0.2) is 45.7 Å². The maximum absolute atomic E-state index is 13.8. The summed E-state index contributed by atoms with van der Waals surface area (Å²) in [5.74, 6) is -1.88. The highest BCUT2D eigenvalue weighted by Gasteiger charge is 2.39. The van der Waals surface area contributed by atoms with Gasteiger partial charge in [-0.1, -0.05) is 17.8 Å². The number of fused-ring (bicyclic) bond motifs is 1. The molecule has 1 unspecified atom stereocenters. The van der Waals surface area contributed by atoms with E-state index in [4.69, 9.17) is 4.74 Å². The average molecular weight is 482 g/mol. The van der Waals surface area contributed by atoms with Gasteiger partial charge in [0.15, 0.2) is 0 Å². The number of imide groups is 1. The molecule has 2 heterocycles. The van der Waals surface area contributed by atoms with E-state index >= 15 is 0 Å². The SMILES string of the molecule is CN1C(=O)SC(CC(=O)N2CCc3ccc(Oc4ccc(C(F)(F)F)c(F)c4)cc3C2)C1=O. The van der Waals surface area contributed by atoms with Crippen LogP contribution in [0.3, 0.4) is 0 Å². The number of alkyl halides is 3. The molecule has 2 aliphatic heterocycles. The number of rotatable bonds is 4. The van der Waals surface area contributed by atoms with Crippen molar-refractivity contribution in [2.75, 3.05) is 13.6 Å². The van der Waals surface area contributed by atoms with Crippen LogP contribution in [0.5, 0.6) is 11.5 Å². The van der Waals surface area contributed by atoms with Crippen molar-refractivity contribution in [2.24, 2.45) is 0 Å². The second-order valence-electron chi connectivity index (χ2n) is 7.71. The summed E-state index contributed by atoms with van der Waals surface area (Å²) in [7, 11) is 1.38. The minimum Gasteiger partial charge on any atom is -0.457 e. The van der Waals surface area contributed by atoms with E-state index in [9.17, 15) is 31.9 Å². The van der Waals surface area contributed by atoms with Crippen LogP contribution in [0.15, 0.2) is 36.4 Å². The van der Waals surface area contributed by atoms with Crippen molar-refractivity contribution in [3.63, 3.8) is 0 Å². The first-order valence-electron chi connectivity index (χ1n) is 9.95. The third-order valence-electron chi connectivity index (χ3n) is 5.51. The zero-order valence-electron chi connectivity index (χ0n) is 17.3. The first-order valence-corrected chi connectivity index (χ1v) is 10.8. The van der Waals surface area contributed by atoms with Crippen molar-refractivity contribution in [3.05, 3.63) is 58.9 Å². The largest absolute Gasteiger partial charge is 0.457 e. The van der Waals surface area contributed by atoms with E-state index < -0.39 is 28.7 Å². The molecule has 2 aliphatic rings. The Bertz CT molecular complexity index is 1140. The molecule has 3 amide bonds. The lowest BCUT2D eigenvalue weighted by Crippen LogP contribution is -2.38. The standard InChI is InChI=1S/C22H18F4N2O4S/c1-27-20(30)18(33-21(27)31)10-19(29)28-7-6-12-2-3-14(8-13(12)11-28)32-15-4-5-16(17(23)9-15)22(24,25)26/h2-5,8-9,18H,6-7,10-11H2,1H3. The first kappa shape index (κ1) is 23.1.